The molecular formula is C14H17F2NO2. The quantitative estimate of drug-likeness (QED) is 0.885. The molecule has 0 saturated heterocycles. The minimum Gasteiger partial charge on any atom is -0.380 e. The topological polar surface area (TPSA) is 49.3 Å². The normalized spacial score (nSPS) is 19.2. The smallest absolute Gasteiger partial charge is 0.252 e. The van der Waals surface area contributed by atoms with Gasteiger partial charge in [-0.25, -0.2) is 8.78 Å². The summed E-state index contributed by atoms with van der Waals surface area (Å²) in [5.41, 5.74) is -0.846. The number of halogens is 2. The molecule has 1 amide bonds. The van der Waals surface area contributed by atoms with E-state index in [9.17, 15) is 18.7 Å². The summed E-state index contributed by atoms with van der Waals surface area (Å²) in [5, 5.41) is 12.8. The molecule has 104 valence electrons. The predicted octanol–water partition coefficient (Wildman–Crippen LogP) is 2.45. The zero-order valence-corrected chi connectivity index (χ0v) is 10.7. The molecule has 0 radical (unpaired) electrons. The molecule has 1 aliphatic rings. The van der Waals surface area contributed by atoms with E-state index in [4.69, 9.17) is 0 Å². The Bertz CT molecular complexity index is 484. The molecule has 1 aromatic carbocycles. The summed E-state index contributed by atoms with van der Waals surface area (Å²) in [6, 6.07) is 3.02. The average Bonchev–Trinajstić information content (AvgIpc) is 2.81. The highest BCUT2D eigenvalue weighted by molar-refractivity contribution is 5.85. The van der Waals surface area contributed by atoms with Crippen molar-refractivity contribution in [3.63, 3.8) is 0 Å². The van der Waals surface area contributed by atoms with Crippen LogP contribution in [-0.2, 0) is 4.79 Å². The van der Waals surface area contributed by atoms with Gasteiger partial charge in [-0.15, -0.1) is 0 Å². The van der Waals surface area contributed by atoms with Gasteiger partial charge in [-0.05, 0) is 50.3 Å². The molecule has 0 spiro atoms. The van der Waals surface area contributed by atoms with Crippen LogP contribution < -0.4 is 5.32 Å². The lowest BCUT2D eigenvalue weighted by Crippen LogP contribution is -2.45. The van der Waals surface area contributed by atoms with Gasteiger partial charge in [0, 0.05) is 0 Å². The second-order valence-corrected chi connectivity index (χ2v) is 5.11. The molecule has 5 heteroatoms. The molecular weight excluding hydrogens is 252 g/mol. The highest BCUT2D eigenvalue weighted by atomic mass is 19.2. The van der Waals surface area contributed by atoms with Gasteiger partial charge in [-0.3, -0.25) is 4.79 Å². The number of aliphatic hydroxyl groups is 1. The predicted molar refractivity (Wildman–Crippen MR) is 66.3 cm³/mol. The van der Waals surface area contributed by atoms with Gasteiger partial charge in [0.05, 0.1) is 6.04 Å². The van der Waals surface area contributed by atoms with Gasteiger partial charge in [0.1, 0.15) is 5.60 Å². The van der Waals surface area contributed by atoms with Crippen LogP contribution in [0.4, 0.5) is 8.78 Å². The maximum atomic E-state index is 13.1. The second-order valence-electron chi connectivity index (χ2n) is 5.11. The first-order valence-corrected chi connectivity index (χ1v) is 6.41. The first-order chi connectivity index (χ1) is 8.92. The average molecular weight is 269 g/mol. The fourth-order valence-corrected chi connectivity index (χ4v) is 2.38. The van der Waals surface area contributed by atoms with E-state index in [1.165, 1.54) is 6.07 Å². The van der Waals surface area contributed by atoms with Crippen molar-refractivity contribution in [1.29, 1.82) is 0 Å². The van der Waals surface area contributed by atoms with Crippen molar-refractivity contribution in [2.24, 2.45) is 0 Å². The second kappa shape index (κ2) is 5.25. The Balaban J connectivity index is 2.06. The van der Waals surface area contributed by atoms with Crippen molar-refractivity contribution in [3.05, 3.63) is 35.4 Å². The minimum absolute atomic E-state index is 0.442. The van der Waals surface area contributed by atoms with E-state index in [1.807, 2.05) is 0 Å². The van der Waals surface area contributed by atoms with E-state index in [1.54, 1.807) is 6.92 Å². The Morgan fingerprint density at radius 2 is 1.95 bits per heavy atom. The maximum absolute atomic E-state index is 13.1. The highest BCUT2D eigenvalue weighted by Crippen LogP contribution is 2.30. The lowest BCUT2D eigenvalue weighted by atomic mass is 10.00. The molecule has 0 aliphatic heterocycles. The van der Waals surface area contributed by atoms with E-state index in [0.29, 0.717) is 18.4 Å². The van der Waals surface area contributed by atoms with Gasteiger partial charge in [-0.1, -0.05) is 6.07 Å². The number of amides is 1. The Labute approximate surface area is 110 Å². The molecule has 1 unspecified atom stereocenters. The number of rotatable bonds is 3. The third-order valence-corrected chi connectivity index (χ3v) is 3.64. The lowest BCUT2D eigenvalue weighted by molar-refractivity contribution is -0.139. The van der Waals surface area contributed by atoms with Gasteiger partial charge < -0.3 is 10.4 Å². The molecule has 0 bridgehead atoms. The van der Waals surface area contributed by atoms with Gasteiger partial charge >= 0.3 is 0 Å². The SMILES string of the molecule is CC(NC(=O)C1(O)CCCC1)c1ccc(F)c(F)c1. The zero-order valence-electron chi connectivity index (χ0n) is 10.7. The van der Waals surface area contributed by atoms with Crippen LogP contribution in [0.2, 0.25) is 0 Å². The molecule has 2 N–H and O–H groups in total. The Kier molecular flexibility index (Phi) is 3.85. The molecule has 0 aromatic heterocycles. The van der Waals surface area contributed by atoms with E-state index in [-0.39, 0.29) is 0 Å². The molecule has 2 rings (SSSR count). The number of hydrogen-bond donors (Lipinski definition) is 2. The standard InChI is InChI=1S/C14H17F2NO2/c1-9(10-4-5-11(15)12(16)8-10)17-13(18)14(19)6-2-3-7-14/h4-5,8-9,19H,2-3,6-7H2,1H3,(H,17,18). The summed E-state index contributed by atoms with van der Waals surface area (Å²) < 4.78 is 25.9. The number of hydrogen-bond acceptors (Lipinski definition) is 2. The molecule has 1 aliphatic carbocycles. The number of carbonyl (C=O) groups is 1. The van der Waals surface area contributed by atoms with Crippen LogP contribution in [0.5, 0.6) is 0 Å². The van der Waals surface area contributed by atoms with Crippen molar-refractivity contribution >= 4 is 5.91 Å². The monoisotopic (exact) mass is 269 g/mol. The lowest BCUT2D eigenvalue weighted by Gasteiger charge is -2.24. The molecule has 1 aromatic rings. The van der Waals surface area contributed by atoms with Crippen LogP contribution in [0.25, 0.3) is 0 Å². The first-order valence-electron chi connectivity index (χ1n) is 6.41. The fraction of sp³-hybridized carbons (Fsp3) is 0.500. The summed E-state index contributed by atoms with van der Waals surface area (Å²) in [6.07, 6.45) is 2.54. The number of nitrogens with one attached hydrogen (secondary N) is 1. The van der Waals surface area contributed by atoms with Crippen LogP contribution in [0, 0.1) is 11.6 Å². The highest BCUT2D eigenvalue weighted by Gasteiger charge is 2.39. The minimum atomic E-state index is -1.31. The van der Waals surface area contributed by atoms with E-state index < -0.39 is 29.2 Å². The van der Waals surface area contributed by atoms with Crippen molar-refractivity contribution in [3.8, 4) is 0 Å². The molecule has 1 saturated carbocycles. The summed E-state index contributed by atoms with van der Waals surface area (Å²) in [4.78, 5) is 12.0. The summed E-state index contributed by atoms with van der Waals surface area (Å²) in [5.74, 6) is -2.31. The summed E-state index contributed by atoms with van der Waals surface area (Å²) >= 11 is 0. The maximum Gasteiger partial charge on any atom is 0.252 e. The van der Waals surface area contributed by atoms with E-state index in [2.05, 4.69) is 5.32 Å². The Morgan fingerprint density at radius 1 is 1.32 bits per heavy atom. The van der Waals surface area contributed by atoms with E-state index >= 15 is 0 Å². The van der Waals surface area contributed by atoms with Crippen molar-refractivity contribution in [2.75, 3.05) is 0 Å². The van der Waals surface area contributed by atoms with Gasteiger partial charge in [0.15, 0.2) is 11.6 Å². The molecule has 19 heavy (non-hydrogen) atoms. The van der Waals surface area contributed by atoms with Crippen LogP contribution in [0.1, 0.15) is 44.2 Å². The third kappa shape index (κ3) is 2.92. The number of carbonyl (C=O) groups excluding carboxylic acids is 1. The van der Waals surface area contributed by atoms with E-state index in [0.717, 1.165) is 25.0 Å². The van der Waals surface area contributed by atoms with Crippen LogP contribution >= 0.6 is 0 Å². The van der Waals surface area contributed by atoms with Crippen LogP contribution in [0.15, 0.2) is 18.2 Å². The molecule has 0 heterocycles. The van der Waals surface area contributed by atoms with Crippen molar-refractivity contribution in [2.45, 2.75) is 44.2 Å². The molecule has 3 nitrogen and oxygen atoms in total. The summed E-state index contributed by atoms with van der Waals surface area (Å²) in [6.45, 7) is 1.67. The fourth-order valence-electron chi connectivity index (χ4n) is 2.38. The van der Waals surface area contributed by atoms with Crippen LogP contribution in [-0.4, -0.2) is 16.6 Å². The summed E-state index contributed by atoms with van der Waals surface area (Å²) in [7, 11) is 0. The van der Waals surface area contributed by atoms with Crippen molar-refractivity contribution < 1.29 is 18.7 Å². The van der Waals surface area contributed by atoms with Gasteiger partial charge in [0.2, 0.25) is 0 Å². The molecule has 1 fully saturated rings. The van der Waals surface area contributed by atoms with Gasteiger partial charge in [0.25, 0.3) is 5.91 Å². The Hall–Kier alpha value is -1.49. The van der Waals surface area contributed by atoms with Crippen molar-refractivity contribution in [1.82, 2.24) is 5.32 Å². The number of benzene rings is 1. The largest absolute Gasteiger partial charge is 0.380 e. The third-order valence-electron chi connectivity index (χ3n) is 3.64. The molecule has 1 atom stereocenters. The Morgan fingerprint density at radius 3 is 2.53 bits per heavy atom. The van der Waals surface area contributed by atoms with Crippen LogP contribution in [0.3, 0.4) is 0 Å². The van der Waals surface area contributed by atoms with Gasteiger partial charge in [-0.2, -0.15) is 0 Å². The first kappa shape index (κ1) is 13.9. The zero-order chi connectivity index (χ0) is 14.0.